The molecule has 0 amide bonds. The van der Waals surface area contributed by atoms with Crippen molar-refractivity contribution in [2.24, 2.45) is 0 Å². The molecule has 0 spiro atoms. The highest BCUT2D eigenvalue weighted by Gasteiger charge is 2.15. The van der Waals surface area contributed by atoms with Crippen molar-refractivity contribution in [2.45, 2.75) is 23.6 Å². The highest BCUT2D eigenvalue weighted by Crippen LogP contribution is 2.19. The largest absolute Gasteiger partial charge is 0.658 e. The number of benzene rings is 2. The summed E-state index contributed by atoms with van der Waals surface area (Å²) in [6, 6.07) is 11.8. The molecule has 1 radical (unpaired) electrons. The monoisotopic (exact) mass is 411 g/mol. The third kappa shape index (κ3) is 5.96. The Morgan fingerprint density at radius 1 is 0.778 bits per heavy atom. The first-order valence-corrected chi connectivity index (χ1v) is 11.1. The number of rotatable bonds is 10. The minimum absolute atomic E-state index is 0.0639. The first kappa shape index (κ1) is 21.2. The predicted octanol–water partition coefficient (Wildman–Crippen LogP) is 1.27. The highest BCUT2D eigenvalue weighted by atomic mass is 32.2. The van der Waals surface area contributed by atoms with Gasteiger partial charge in [-0.15, -0.1) is 0 Å². The summed E-state index contributed by atoms with van der Waals surface area (Å²) in [4.78, 5) is 0.128. The van der Waals surface area contributed by atoms with Crippen molar-refractivity contribution < 1.29 is 26.1 Å². The van der Waals surface area contributed by atoms with Crippen molar-refractivity contribution in [3.63, 3.8) is 0 Å². The van der Waals surface area contributed by atoms with Crippen molar-refractivity contribution in [3.8, 4) is 11.5 Å². The average Bonchev–Trinajstić information content (AvgIpc) is 2.62. The summed E-state index contributed by atoms with van der Waals surface area (Å²) in [5.74, 6) is 0.510. The maximum Gasteiger partial charge on any atom is 0.658 e. The Labute approximate surface area is 160 Å². The summed E-state index contributed by atoms with van der Waals surface area (Å²) < 4.78 is 63.3. The third-order valence-electron chi connectivity index (χ3n) is 3.27. The van der Waals surface area contributed by atoms with E-state index in [1.165, 1.54) is 36.4 Å². The van der Waals surface area contributed by atoms with Crippen LogP contribution in [-0.4, -0.2) is 37.6 Å². The number of nitrogens with one attached hydrogen (secondary N) is 2. The van der Waals surface area contributed by atoms with Crippen LogP contribution in [0.25, 0.3) is 0 Å². The lowest BCUT2D eigenvalue weighted by Crippen LogP contribution is -2.23. The minimum Gasteiger partial charge on any atom is -0.526 e. The van der Waals surface area contributed by atoms with Crippen LogP contribution in [0.1, 0.15) is 13.8 Å². The zero-order chi connectivity index (χ0) is 19.9. The van der Waals surface area contributed by atoms with E-state index in [0.717, 1.165) is 7.69 Å². The first-order valence-electron chi connectivity index (χ1n) is 8.13. The summed E-state index contributed by atoms with van der Waals surface area (Å²) in [6.45, 7) is 3.91. The van der Waals surface area contributed by atoms with E-state index in [1.54, 1.807) is 26.0 Å². The summed E-state index contributed by atoms with van der Waals surface area (Å²) >= 11 is 0. The fourth-order valence-electron chi connectivity index (χ4n) is 2.11. The third-order valence-corrected chi connectivity index (χ3v) is 6.36. The molecule has 11 heteroatoms. The number of hydrogen-bond donors (Lipinski definition) is 2. The molecule has 0 atom stereocenters. The van der Waals surface area contributed by atoms with Crippen LogP contribution in [-0.2, 0) is 20.0 Å². The van der Waals surface area contributed by atoms with E-state index in [0.29, 0.717) is 0 Å². The molecule has 0 fully saturated rings. The summed E-state index contributed by atoms with van der Waals surface area (Å²) in [6.07, 6.45) is 0. The van der Waals surface area contributed by atoms with Crippen molar-refractivity contribution in [1.82, 2.24) is 9.44 Å². The number of hydrogen-bond acceptors (Lipinski definition) is 6. The van der Waals surface area contributed by atoms with Gasteiger partial charge in [0.15, 0.2) is 0 Å². The van der Waals surface area contributed by atoms with E-state index < -0.39 is 20.0 Å². The summed E-state index contributed by atoms with van der Waals surface area (Å²) in [7, 11) is -6.19. The fourth-order valence-corrected chi connectivity index (χ4v) is 4.26. The molecular weight excluding hydrogens is 391 g/mol. The van der Waals surface area contributed by atoms with Gasteiger partial charge in [0.2, 0.25) is 20.0 Å². The van der Waals surface area contributed by atoms with Gasteiger partial charge in [0, 0.05) is 13.1 Å². The van der Waals surface area contributed by atoms with Gasteiger partial charge < -0.3 is 9.31 Å². The Kier molecular flexibility index (Phi) is 7.25. The van der Waals surface area contributed by atoms with Gasteiger partial charge in [-0.3, -0.25) is 0 Å². The average molecular weight is 411 g/mol. The Bertz CT molecular complexity index is 900. The standard InChI is InChI=1S/C16H20BN2O6S2/c1-3-18-26(20,21)15-9-5-7-13(11-15)24-17-25-14-8-6-10-16(12-14)27(22,23)19-4-2/h5-12,18-19H,3-4H2,1-2H3. The second-order valence-corrected chi connectivity index (χ2v) is 8.82. The molecule has 0 aliphatic heterocycles. The Hall–Kier alpha value is -2.08. The van der Waals surface area contributed by atoms with Gasteiger partial charge in [-0.25, -0.2) is 26.3 Å². The van der Waals surface area contributed by atoms with Gasteiger partial charge in [0.05, 0.1) is 9.79 Å². The summed E-state index contributed by atoms with van der Waals surface area (Å²) in [5, 5.41) is 0. The molecule has 0 heterocycles. The van der Waals surface area contributed by atoms with Crippen LogP contribution in [0.2, 0.25) is 0 Å². The molecule has 0 unspecified atom stereocenters. The SMILES string of the molecule is CCNS(=O)(=O)c1cccc(O[B]Oc2cccc(S(=O)(=O)NCC)c2)c1. The maximum absolute atomic E-state index is 12.0. The van der Waals surface area contributed by atoms with Gasteiger partial charge in [0.25, 0.3) is 0 Å². The fraction of sp³-hybridized carbons (Fsp3) is 0.250. The highest BCUT2D eigenvalue weighted by molar-refractivity contribution is 7.89. The molecule has 2 N–H and O–H groups in total. The first-order chi connectivity index (χ1) is 12.8. The predicted molar refractivity (Wildman–Crippen MR) is 102 cm³/mol. The van der Waals surface area contributed by atoms with Gasteiger partial charge in [-0.05, 0) is 36.4 Å². The topological polar surface area (TPSA) is 111 Å². The Balaban J connectivity index is 2.03. The molecule has 2 aromatic carbocycles. The zero-order valence-corrected chi connectivity index (χ0v) is 16.5. The molecule has 0 saturated carbocycles. The van der Waals surface area contributed by atoms with Crippen LogP contribution in [0, 0.1) is 0 Å². The van der Waals surface area contributed by atoms with Crippen molar-refractivity contribution in [2.75, 3.05) is 13.1 Å². The quantitative estimate of drug-likeness (QED) is 0.570. The lowest BCUT2D eigenvalue weighted by Gasteiger charge is -2.10. The molecule has 2 rings (SSSR count). The van der Waals surface area contributed by atoms with Crippen molar-refractivity contribution in [1.29, 1.82) is 0 Å². The van der Waals surface area contributed by atoms with Gasteiger partial charge in [0.1, 0.15) is 11.5 Å². The lowest BCUT2D eigenvalue weighted by molar-refractivity contribution is 0.457. The van der Waals surface area contributed by atoms with E-state index in [2.05, 4.69) is 9.44 Å². The Morgan fingerprint density at radius 3 is 1.56 bits per heavy atom. The van der Waals surface area contributed by atoms with Crippen LogP contribution < -0.4 is 18.8 Å². The number of sulfonamides is 2. The van der Waals surface area contributed by atoms with E-state index in [4.69, 9.17) is 9.31 Å². The minimum atomic E-state index is -3.60. The van der Waals surface area contributed by atoms with E-state index in [9.17, 15) is 16.8 Å². The maximum atomic E-state index is 12.0. The van der Waals surface area contributed by atoms with E-state index in [1.807, 2.05) is 0 Å². The second kappa shape index (κ2) is 9.22. The van der Waals surface area contributed by atoms with Crippen LogP contribution in [0.4, 0.5) is 0 Å². The van der Waals surface area contributed by atoms with Crippen LogP contribution in [0.15, 0.2) is 58.3 Å². The van der Waals surface area contributed by atoms with Gasteiger partial charge in [-0.1, -0.05) is 26.0 Å². The molecule has 8 nitrogen and oxygen atoms in total. The van der Waals surface area contributed by atoms with Crippen LogP contribution in [0.3, 0.4) is 0 Å². The van der Waals surface area contributed by atoms with E-state index in [-0.39, 0.29) is 34.4 Å². The van der Waals surface area contributed by atoms with E-state index >= 15 is 0 Å². The lowest BCUT2D eigenvalue weighted by atomic mass is 10.3. The zero-order valence-electron chi connectivity index (χ0n) is 14.9. The molecule has 0 bridgehead atoms. The molecule has 0 aromatic heterocycles. The van der Waals surface area contributed by atoms with Gasteiger partial charge >= 0.3 is 7.69 Å². The molecule has 27 heavy (non-hydrogen) atoms. The van der Waals surface area contributed by atoms with Crippen molar-refractivity contribution in [3.05, 3.63) is 48.5 Å². The van der Waals surface area contributed by atoms with Crippen LogP contribution in [0.5, 0.6) is 11.5 Å². The van der Waals surface area contributed by atoms with Gasteiger partial charge in [-0.2, -0.15) is 0 Å². The molecule has 0 aliphatic carbocycles. The Morgan fingerprint density at radius 2 is 1.19 bits per heavy atom. The van der Waals surface area contributed by atoms with Crippen molar-refractivity contribution >= 4 is 27.7 Å². The summed E-state index contributed by atoms with van der Waals surface area (Å²) in [5.41, 5.74) is 0. The smallest absolute Gasteiger partial charge is 0.526 e. The molecule has 2 aromatic rings. The molecule has 0 saturated heterocycles. The molecular formula is C16H20BN2O6S2. The molecule has 145 valence electrons. The normalized spacial score (nSPS) is 11.8. The van der Waals surface area contributed by atoms with Crippen LogP contribution >= 0.6 is 0 Å². The second-order valence-electron chi connectivity index (χ2n) is 5.28. The molecule has 0 aliphatic rings.